The summed E-state index contributed by atoms with van der Waals surface area (Å²) in [6, 6.07) is 0.800. The topological polar surface area (TPSA) is 28.0 Å². The van der Waals surface area contributed by atoms with Gasteiger partial charge in [-0.3, -0.25) is 5.01 Å². The van der Waals surface area contributed by atoms with Crippen molar-refractivity contribution < 1.29 is 0 Å². The van der Waals surface area contributed by atoms with Gasteiger partial charge in [-0.25, -0.2) is 0 Å². The van der Waals surface area contributed by atoms with Crippen molar-refractivity contribution in [3.8, 4) is 0 Å². The van der Waals surface area contributed by atoms with Gasteiger partial charge in [0.1, 0.15) is 0 Å². The molecule has 88 valence electrons. The van der Waals surface area contributed by atoms with Crippen LogP contribution in [0.2, 0.25) is 0 Å². The highest BCUT2D eigenvalue weighted by Crippen LogP contribution is 2.33. The molecular weight excluding hydrogens is 186 g/mol. The highest BCUT2D eigenvalue weighted by atomic mass is 15.6. The standard InChI is InChI=1S/C12H25N3/c1-8(2)10-11(9(3)4)15(14-13-10)12(5,6)7/h8-11H,1-7H3. The molecule has 0 aromatic rings. The molecule has 15 heavy (non-hydrogen) atoms. The van der Waals surface area contributed by atoms with Gasteiger partial charge in [-0.1, -0.05) is 32.9 Å². The van der Waals surface area contributed by atoms with Crippen molar-refractivity contribution in [2.24, 2.45) is 22.2 Å². The molecule has 3 nitrogen and oxygen atoms in total. The Morgan fingerprint density at radius 2 is 1.53 bits per heavy atom. The van der Waals surface area contributed by atoms with E-state index in [0.717, 1.165) is 0 Å². The predicted molar refractivity (Wildman–Crippen MR) is 63.7 cm³/mol. The van der Waals surface area contributed by atoms with E-state index in [1.807, 2.05) is 0 Å². The average Bonchev–Trinajstić information content (AvgIpc) is 2.45. The SMILES string of the molecule is CC(C)C1N=NN(C(C)(C)C)C1C(C)C. The van der Waals surface area contributed by atoms with E-state index in [9.17, 15) is 0 Å². The molecule has 1 rings (SSSR count). The van der Waals surface area contributed by atoms with Crippen molar-refractivity contribution >= 4 is 0 Å². The summed E-state index contributed by atoms with van der Waals surface area (Å²) >= 11 is 0. The minimum Gasteiger partial charge on any atom is -0.268 e. The Morgan fingerprint density at radius 3 is 1.87 bits per heavy atom. The lowest BCUT2D eigenvalue weighted by Gasteiger charge is -2.38. The van der Waals surface area contributed by atoms with Crippen molar-refractivity contribution in [3.05, 3.63) is 0 Å². The molecule has 1 heterocycles. The maximum atomic E-state index is 4.44. The molecule has 1 aliphatic rings. The van der Waals surface area contributed by atoms with Crippen LogP contribution in [-0.4, -0.2) is 22.6 Å². The molecule has 2 unspecified atom stereocenters. The molecule has 0 saturated carbocycles. The Hall–Kier alpha value is -0.600. The van der Waals surface area contributed by atoms with Crippen LogP contribution < -0.4 is 0 Å². The molecule has 0 saturated heterocycles. The molecule has 0 aromatic heterocycles. The van der Waals surface area contributed by atoms with Gasteiger partial charge in [0.15, 0.2) is 0 Å². The van der Waals surface area contributed by atoms with Crippen LogP contribution in [0.3, 0.4) is 0 Å². The predicted octanol–water partition coefficient (Wildman–Crippen LogP) is 3.52. The number of rotatable bonds is 2. The summed E-state index contributed by atoms with van der Waals surface area (Å²) in [4.78, 5) is 0. The Bertz CT molecular complexity index is 238. The first-order valence-electron chi connectivity index (χ1n) is 5.95. The molecule has 1 aliphatic heterocycles. The minimum absolute atomic E-state index is 0.0715. The Kier molecular flexibility index (Phi) is 3.41. The lowest BCUT2D eigenvalue weighted by molar-refractivity contribution is 0.0656. The Labute approximate surface area is 93.9 Å². The van der Waals surface area contributed by atoms with E-state index in [-0.39, 0.29) is 5.54 Å². The fourth-order valence-electron chi connectivity index (χ4n) is 2.17. The maximum Gasteiger partial charge on any atom is 0.0975 e. The lowest BCUT2D eigenvalue weighted by Crippen LogP contribution is -2.49. The number of hydrogen-bond donors (Lipinski definition) is 0. The third kappa shape index (κ3) is 2.50. The first kappa shape index (κ1) is 12.5. The van der Waals surface area contributed by atoms with Crippen molar-refractivity contribution in [1.82, 2.24) is 5.01 Å². The zero-order valence-electron chi connectivity index (χ0n) is 11.2. The minimum atomic E-state index is 0.0715. The molecule has 0 N–H and O–H groups in total. The van der Waals surface area contributed by atoms with Crippen LogP contribution >= 0.6 is 0 Å². The summed E-state index contributed by atoms with van der Waals surface area (Å²) in [7, 11) is 0. The van der Waals surface area contributed by atoms with E-state index in [0.29, 0.717) is 23.9 Å². The van der Waals surface area contributed by atoms with E-state index in [1.165, 1.54) is 0 Å². The van der Waals surface area contributed by atoms with Crippen molar-refractivity contribution in [1.29, 1.82) is 0 Å². The van der Waals surface area contributed by atoms with Gasteiger partial charge in [-0.05, 0) is 32.6 Å². The van der Waals surface area contributed by atoms with Crippen LogP contribution in [0, 0.1) is 11.8 Å². The molecule has 0 spiro atoms. The first-order chi connectivity index (χ1) is 6.75. The molecule has 2 atom stereocenters. The molecule has 0 aliphatic carbocycles. The summed E-state index contributed by atoms with van der Waals surface area (Å²) in [5, 5.41) is 11.0. The average molecular weight is 211 g/mol. The fraction of sp³-hybridized carbons (Fsp3) is 1.00. The van der Waals surface area contributed by atoms with Crippen molar-refractivity contribution in [2.75, 3.05) is 0 Å². The van der Waals surface area contributed by atoms with Gasteiger partial charge in [0.25, 0.3) is 0 Å². The van der Waals surface area contributed by atoms with E-state index >= 15 is 0 Å². The fourth-order valence-corrected chi connectivity index (χ4v) is 2.17. The van der Waals surface area contributed by atoms with Gasteiger partial charge in [0.2, 0.25) is 0 Å². The van der Waals surface area contributed by atoms with Crippen LogP contribution in [0.5, 0.6) is 0 Å². The Balaban J connectivity index is 2.90. The number of hydrogen-bond acceptors (Lipinski definition) is 3. The monoisotopic (exact) mass is 211 g/mol. The zero-order valence-corrected chi connectivity index (χ0v) is 11.2. The van der Waals surface area contributed by atoms with E-state index in [4.69, 9.17) is 0 Å². The first-order valence-corrected chi connectivity index (χ1v) is 5.95. The van der Waals surface area contributed by atoms with Crippen molar-refractivity contribution in [3.63, 3.8) is 0 Å². The van der Waals surface area contributed by atoms with Crippen LogP contribution in [-0.2, 0) is 0 Å². The third-order valence-corrected chi connectivity index (χ3v) is 2.97. The molecule has 0 amide bonds. The van der Waals surface area contributed by atoms with Crippen LogP contribution in [0.4, 0.5) is 0 Å². The van der Waals surface area contributed by atoms with Gasteiger partial charge >= 0.3 is 0 Å². The second-order valence-electron chi connectivity index (χ2n) is 6.19. The van der Waals surface area contributed by atoms with Gasteiger partial charge < -0.3 is 0 Å². The van der Waals surface area contributed by atoms with E-state index in [2.05, 4.69) is 63.8 Å². The largest absolute Gasteiger partial charge is 0.268 e. The zero-order chi connectivity index (χ0) is 11.8. The van der Waals surface area contributed by atoms with Crippen LogP contribution in [0.15, 0.2) is 10.3 Å². The van der Waals surface area contributed by atoms with E-state index in [1.54, 1.807) is 0 Å². The second kappa shape index (κ2) is 4.11. The molecule has 0 bridgehead atoms. The summed E-state index contributed by atoms with van der Waals surface area (Å²) < 4.78 is 0. The van der Waals surface area contributed by atoms with Gasteiger partial charge in [-0.15, -0.1) is 0 Å². The third-order valence-electron chi connectivity index (χ3n) is 2.97. The highest BCUT2D eigenvalue weighted by molar-refractivity contribution is 4.94. The van der Waals surface area contributed by atoms with Gasteiger partial charge in [-0.2, -0.15) is 5.11 Å². The molecule has 3 heteroatoms. The summed E-state index contributed by atoms with van der Waals surface area (Å²) in [5.74, 6) is 1.15. The van der Waals surface area contributed by atoms with Gasteiger partial charge in [0, 0.05) is 0 Å². The molecular formula is C12H25N3. The highest BCUT2D eigenvalue weighted by Gasteiger charge is 2.41. The molecule has 0 fully saturated rings. The van der Waals surface area contributed by atoms with E-state index < -0.39 is 0 Å². The van der Waals surface area contributed by atoms with Crippen LogP contribution in [0.1, 0.15) is 48.5 Å². The smallest absolute Gasteiger partial charge is 0.0975 e. The van der Waals surface area contributed by atoms with Crippen LogP contribution in [0.25, 0.3) is 0 Å². The normalized spacial score (nSPS) is 27.1. The van der Waals surface area contributed by atoms with Crippen molar-refractivity contribution in [2.45, 2.75) is 66.1 Å². The maximum absolute atomic E-state index is 4.44. The second-order valence-corrected chi connectivity index (χ2v) is 6.19. The summed E-state index contributed by atoms with van der Waals surface area (Å²) in [5.41, 5.74) is 0.0715. The molecule has 0 aromatic carbocycles. The van der Waals surface area contributed by atoms with Gasteiger partial charge in [0.05, 0.1) is 17.6 Å². The number of nitrogens with zero attached hydrogens (tertiary/aromatic N) is 3. The Morgan fingerprint density at radius 1 is 1.00 bits per heavy atom. The summed E-state index contributed by atoms with van der Waals surface area (Å²) in [6.07, 6.45) is 0. The quantitative estimate of drug-likeness (QED) is 0.687. The molecule has 0 radical (unpaired) electrons. The lowest BCUT2D eigenvalue weighted by atomic mass is 9.87. The summed E-state index contributed by atoms with van der Waals surface area (Å²) in [6.45, 7) is 15.6.